The molecule has 100 valence electrons. The first-order chi connectivity index (χ1) is 8.90. The lowest BCUT2D eigenvalue weighted by Crippen LogP contribution is -1.99. The standard InChI is InChI=1S/C11H5Cl2F2NO3/c12-4-1-2-5(6(13)3-4)10-16-7(9(14)15)8(19-10)11(17)18/h1-3,9H,(H,17,18). The summed E-state index contributed by atoms with van der Waals surface area (Å²) in [5, 5.41) is 9.22. The Labute approximate surface area is 115 Å². The summed E-state index contributed by atoms with van der Waals surface area (Å²) < 4.78 is 30.1. The number of hydrogen-bond acceptors (Lipinski definition) is 3. The Morgan fingerprint density at radius 3 is 2.53 bits per heavy atom. The zero-order valence-corrected chi connectivity index (χ0v) is 10.5. The fourth-order valence-electron chi connectivity index (χ4n) is 1.41. The zero-order valence-electron chi connectivity index (χ0n) is 9.03. The number of aromatic carboxylic acids is 1. The molecule has 8 heteroatoms. The first-order valence-electron chi connectivity index (χ1n) is 4.87. The van der Waals surface area contributed by atoms with E-state index in [1.807, 2.05) is 0 Å². The van der Waals surface area contributed by atoms with E-state index in [0.717, 1.165) is 0 Å². The van der Waals surface area contributed by atoms with Crippen LogP contribution < -0.4 is 0 Å². The first-order valence-corrected chi connectivity index (χ1v) is 5.63. The molecule has 0 saturated carbocycles. The van der Waals surface area contributed by atoms with Crippen LogP contribution in [0.15, 0.2) is 22.6 Å². The van der Waals surface area contributed by atoms with E-state index in [0.29, 0.717) is 5.02 Å². The molecule has 2 aromatic rings. The van der Waals surface area contributed by atoms with Gasteiger partial charge >= 0.3 is 5.97 Å². The predicted octanol–water partition coefficient (Wildman–Crippen LogP) is 4.28. The third kappa shape index (κ3) is 2.69. The molecule has 0 unspecified atom stereocenters. The molecule has 1 N–H and O–H groups in total. The van der Waals surface area contributed by atoms with Crippen LogP contribution in [0.2, 0.25) is 10.0 Å². The van der Waals surface area contributed by atoms with Crippen molar-refractivity contribution >= 4 is 29.2 Å². The van der Waals surface area contributed by atoms with Gasteiger partial charge in [-0.25, -0.2) is 18.6 Å². The highest BCUT2D eigenvalue weighted by Crippen LogP contribution is 2.33. The van der Waals surface area contributed by atoms with Crippen molar-refractivity contribution in [2.24, 2.45) is 0 Å². The van der Waals surface area contributed by atoms with E-state index in [-0.39, 0.29) is 16.5 Å². The summed E-state index contributed by atoms with van der Waals surface area (Å²) in [7, 11) is 0. The third-order valence-corrected chi connectivity index (χ3v) is 2.76. The molecular formula is C11H5Cl2F2NO3. The molecule has 0 bridgehead atoms. The van der Waals surface area contributed by atoms with Crippen molar-refractivity contribution in [1.82, 2.24) is 4.98 Å². The normalized spacial score (nSPS) is 11.0. The zero-order chi connectivity index (χ0) is 14.2. The highest BCUT2D eigenvalue weighted by Gasteiger charge is 2.27. The molecule has 0 radical (unpaired) electrons. The quantitative estimate of drug-likeness (QED) is 0.919. The first kappa shape index (κ1) is 13.8. The summed E-state index contributed by atoms with van der Waals surface area (Å²) in [6.07, 6.45) is -3.06. The summed E-state index contributed by atoms with van der Waals surface area (Å²) in [5.74, 6) is -2.83. The molecular weight excluding hydrogens is 303 g/mol. The maximum absolute atomic E-state index is 12.6. The highest BCUT2D eigenvalue weighted by molar-refractivity contribution is 6.36. The van der Waals surface area contributed by atoms with E-state index in [9.17, 15) is 13.6 Å². The van der Waals surface area contributed by atoms with Crippen LogP contribution in [0.25, 0.3) is 11.5 Å². The lowest BCUT2D eigenvalue weighted by atomic mass is 10.2. The van der Waals surface area contributed by atoms with Crippen molar-refractivity contribution in [3.05, 3.63) is 39.7 Å². The van der Waals surface area contributed by atoms with Crippen molar-refractivity contribution in [3.63, 3.8) is 0 Å². The van der Waals surface area contributed by atoms with Gasteiger partial charge in [-0.1, -0.05) is 23.2 Å². The Morgan fingerprint density at radius 1 is 1.37 bits per heavy atom. The molecule has 0 saturated heterocycles. The second-order valence-electron chi connectivity index (χ2n) is 3.46. The van der Waals surface area contributed by atoms with Crippen LogP contribution >= 0.6 is 23.2 Å². The summed E-state index contributed by atoms with van der Waals surface area (Å²) in [6.45, 7) is 0. The van der Waals surface area contributed by atoms with Crippen LogP contribution in [0.3, 0.4) is 0 Å². The largest absolute Gasteiger partial charge is 0.475 e. The lowest BCUT2D eigenvalue weighted by molar-refractivity contribution is 0.0647. The topological polar surface area (TPSA) is 63.3 Å². The number of hydrogen-bond donors (Lipinski definition) is 1. The van der Waals surface area contributed by atoms with E-state index < -0.39 is 23.8 Å². The van der Waals surface area contributed by atoms with Gasteiger partial charge in [-0.05, 0) is 18.2 Å². The number of nitrogens with zero attached hydrogens (tertiary/aromatic N) is 1. The van der Waals surface area contributed by atoms with Crippen molar-refractivity contribution in [1.29, 1.82) is 0 Å². The van der Waals surface area contributed by atoms with Crippen LogP contribution in [0.4, 0.5) is 8.78 Å². The van der Waals surface area contributed by atoms with Gasteiger partial charge in [0.05, 0.1) is 10.6 Å². The molecule has 0 aliphatic heterocycles. The molecule has 2 rings (SSSR count). The fourth-order valence-corrected chi connectivity index (χ4v) is 1.90. The average molecular weight is 308 g/mol. The Kier molecular flexibility index (Phi) is 3.73. The molecule has 1 heterocycles. The Morgan fingerprint density at radius 2 is 2.05 bits per heavy atom. The summed E-state index contributed by atoms with van der Waals surface area (Å²) in [5.41, 5.74) is -0.756. The van der Waals surface area contributed by atoms with E-state index >= 15 is 0 Å². The maximum Gasteiger partial charge on any atom is 0.374 e. The van der Waals surface area contributed by atoms with Gasteiger partial charge in [0.2, 0.25) is 11.7 Å². The van der Waals surface area contributed by atoms with Crippen molar-refractivity contribution in [2.45, 2.75) is 6.43 Å². The third-order valence-electron chi connectivity index (χ3n) is 2.22. The predicted molar refractivity (Wildman–Crippen MR) is 63.9 cm³/mol. The van der Waals surface area contributed by atoms with Gasteiger partial charge in [0.1, 0.15) is 0 Å². The Hall–Kier alpha value is -1.66. The van der Waals surface area contributed by atoms with Gasteiger partial charge in [0.25, 0.3) is 6.43 Å². The lowest BCUT2D eigenvalue weighted by Gasteiger charge is -1.99. The monoisotopic (exact) mass is 307 g/mol. The van der Waals surface area contributed by atoms with Crippen molar-refractivity contribution in [2.75, 3.05) is 0 Å². The average Bonchev–Trinajstić information content (AvgIpc) is 2.73. The van der Waals surface area contributed by atoms with Gasteiger partial charge in [0, 0.05) is 5.02 Å². The van der Waals surface area contributed by atoms with Crippen LogP contribution in [0.5, 0.6) is 0 Å². The van der Waals surface area contributed by atoms with E-state index in [4.69, 9.17) is 32.7 Å². The molecule has 1 aromatic heterocycles. The number of alkyl halides is 2. The summed E-state index contributed by atoms with van der Waals surface area (Å²) >= 11 is 11.6. The van der Waals surface area contributed by atoms with Gasteiger partial charge in [-0.15, -0.1) is 0 Å². The van der Waals surface area contributed by atoms with Crippen LogP contribution in [0, 0.1) is 0 Å². The number of carboxylic acid groups (broad SMARTS) is 1. The number of carbonyl (C=O) groups is 1. The number of benzene rings is 1. The van der Waals surface area contributed by atoms with Crippen LogP contribution in [0.1, 0.15) is 22.7 Å². The van der Waals surface area contributed by atoms with Gasteiger partial charge in [-0.2, -0.15) is 0 Å². The molecule has 4 nitrogen and oxygen atoms in total. The van der Waals surface area contributed by atoms with Gasteiger partial charge in [0.15, 0.2) is 5.69 Å². The molecule has 0 fully saturated rings. The van der Waals surface area contributed by atoms with Crippen molar-refractivity contribution in [3.8, 4) is 11.5 Å². The molecule has 19 heavy (non-hydrogen) atoms. The molecule has 0 spiro atoms. The summed E-state index contributed by atoms with van der Waals surface area (Å²) in [6, 6.07) is 4.22. The minimum Gasteiger partial charge on any atom is -0.475 e. The number of carboxylic acids is 1. The minimum absolute atomic E-state index is 0.117. The molecule has 0 aliphatic rings. The van der Waals surface area contributed by atoms with E-state index in [2.05, 4.69) is 4.98 Å². The second kappa shape index (κ2) is 5.14. The van der Waals surface area contributed by atoms with Crippen LogP contribution in [-0.4, -0.2) is 16.1 Å². The Bertz CT molecular complexity index is 643. The number of oxazole rings is 1. The van der Waals surface area contributed by atoms with Crippen molar-refractivity contribution < 1.29 is 23.1 Å². The molecule has 0 amide bonds. The number of halogens is 4. The van der Waals surface area contributed by atoms with E-state index in [1.165, 1.54) is 18.2 Å². The molecule has 1 aromatic carbocycles. The van der Waals surface area contributed by atoms with Crippen LogP contribution in [-0.2, 0) is 0 Å². The smallest absolute Gasteiger partial charge is 0.374 e. The SMILES string of the molecule is O=C(O)c1oc(-c2ccc(Cl)cc2Cl)nc1C(F)F. The number of rotatable bonds is 3. The maximum atomic E-state index is 12.6. The van der Waals surface area contributed by atoms with Gasteiger partial charge < -0.3 is 9.52 Å². The fraction of sp³-hybridized carbons (Fsp3) is 0.0909. The molecule has 0 atom stereocenters. The molecule has 0 aliphatic carbocycles. The van der Waals surface area contributed by atoms with E-state index in [1.54, 1.807) is 0 Å². The minimum atomic E-state index is -3.06. The Balaban J connectivity index is 2.57. The highest BCUT2D eigenvalue weighted by atomic mass is 35.5. The number of aromatic nitrogens is 1. The summed E-state index contributed by atoms with van der Waals surface area (Å²) in [4.78, 5) is 14.3. The van der Waals surface area contributed by atoms with Gasteiger partial charge in [-0.3, -0.25) is 0 Å². The second-order valence-corrected chi connectivity index (χ2v) is 4.31.